The van der Waals surface area contributed by atoms with Crippen LogP contribution in [0.15, 0.2) is 67.0 Å². The van der Waals surface area contributed by atoms with E-state index in [2.05, 4.69) is 46.4 Å². The molecule has 28 heavy (non-hydrogen) atoms. The molecule has 6 heteroatoms. The third-order valence-corrected chi connectivity index (χ3v) is 4.88. The maximum atomic E-state index is 6.10. The van der Waals surface area contributed by atoms with E-state index in [9.17, 15) is 0 Å². The monoisotopic (exact) mass is 390 g/mol. The number of hydrogen-bond acceptors (Lipinski definition) is 4. The van der Waals surface area contributed by atoms with Crippen LogP contribution in [0.4, 0.5) is 0 Å². The van der Waals surface area contributed by atoms with Gasteiger partial charge in [0.05, 0.1) is 0 Å². The third-order valence-electron chi connectivity index (χ3n) is 4.46. The van der Waals surface area contributed by atoms with Crippen molar-refractivity contribution in [2.24, 2.45) is 0 Å². The number of hydrogen-bond donors (Lipinski definition) is 0. The van der Waals surface area contributed by atoms with Crippen molar-refractivity contribution < 1.29 is 4.74 Å². The number of rotatable bonds is 5. The second kappa shape index (κ2) is 7.82. The zero-order valence-corrected chi connectivity index (χ0v) is 16.4. The van der Waals surface area contributed by atoms with Crippen LogP contribution >= 0.6 is 11.6 Å². The molecule has 0 bridgehead atoms. The first-order valence-corrected chi connectivity index (χ1v) is 9.30. The van der Waals surface area contributed by atoms with Crippen molar-refractivity contribution in [1.82, 2.24) is 19.7 Å². The molecule has 0 radical (unpaired) electrons. The molecule has 0 saturated carbocycles. The normalized spacial score (nSPS) is 10.8. The molecule has 0 unspecified atom stereocenters. The molecule has 0 aliphatic rings. The van der Waals surface area contributed by atoms with Gasteiger partial charge in [-0.1, -0.05) is 29.3 Å². The fraction of sp³-hybridized carbons (Fsp3) is 0.136. The Kier molecular flexibility index (Phi) is 5.08. The van der Waals surface area contributed by atoms with Crippen LogP contribution in [0, 0.1) is 13.8 Å². The highest BCUT2D eigenvalue weighted by molar-refractivity contribution is 6.31. The Morgan fingerprint density at radius 1 is 0.929 bits per heavy atom. The molecule has 2 heterocycles. The fourth-order valence-corrected chi connectivity index (χ4v) is 3.04. The van der Waals surface area contributed by atoms with E-state index >= 15 is 0 Å². The molecule has 0 amide bonds. The van der Waals surface area contributed by atoms with E-state index in [0.29, 0.717) is 5.82 Å². The van der Waals surface area contributed by atoms with Gasteiger partial charge >= 0.3 is 0 Å². The number of nitrogens with zero attached hydrogens (tertiary/aromatic N) is 4. The molecule has 140 valence electrons. The predicted octanol–water partition coefficient (Wildman–Crippen LogP) is 5.18. The van der Waals surface area contributed by atoms with Gasteiger partial charge in [-0.25, -0.2) is 0 Å². The van der Waals surface area contributed by atoms with Crippen LogP contribution in [0.1, 0.15) is 17.0 Å². The Morgan fingerprint density at radius 3 is 2.39 bits per heavy atom. The van der Waals surface area contributed by atoms with E-state index < -0.39 is 0 Å². The standard InChI is InChI=1S/C22H19ClN4O/c1-15-3-5-18(6-4-15)27-21(14-28-19-7-8-20(23)16(2)13-19)25-26-22(27)17-9-11-24-12-10-17/h3-13H,14H2,1-2H3. The SMILES string of the molecule is Cc1ccc(-n2c(COc3ccc(Cl)c(C)c3)nnc2-c2ccncc2)cc1. The highest BCUT2D eigenvalue weighted by Crippen LogP contribution is 2.25. The Bertz CT molecular complexity index is 1090. The molecule has 0 spiro atoms. The van der Waals surface area contributed by atoms with Gasteiger partial charge < -0.3 is 4.74 Å². The first-order chi connectivity index (χ1) is 13.6. The molecule has 0 N–H and O–H groups in total. The molecule has 0 aliphatic carbocycles. The summed E-state index contributed by atoms with van der Waals surface area (Å²) < 4.78 is 7.98. The maximum Gasteiger partial charge on any atom is 0.175 e. The highest BCUT2D eigenvalue weighted by Gasteiger charge is 2.16. The molecule has 2 aromatic heterocycles. The van der Waals surface area contributed by atoms with Crippen molar-refractivity contribution in [1.29, 1.82) is 0 Å². The number of pyridine rings is 1. The molecule has 0 atom stereocenters. The van der Waals surface area contributed by atoms with Crippen molar-refractivity contribution in [2.45, 2.75) is 20.5 Å². The van der Waals surface area contributed by atoms with Gasteiger partial charge in [0.25, 0.3) is 0 Å². The molecular weight excluding hydrogens is 372 g/mol. The minimum Gasteiger partial charge on any atom is -0.486 e. The lowest BCUT2D eigenvalue weighted by Gasteiger charge is -2.12. The summed E-state index contributed by atoms with van der Waals surface area (Å²) in [4.78, 5) is 4.09. The number of halogens is 1. The van der Waals surface area contributed by atoms with E-state index in [1.807, 2.05) is 41.8 Å². The van der Waals surface area contributed by atoms with E-state index in [4.69, 9.17) is 16.3 Å². The first-order valence-electron chi connectivity index (χ1n) is 8.92. The van der Waals surface area contributed by atoms with Crippen molar-refractivity contribution in [2.75, 3.05) is 0 Å². The Hall–Kier alpha value is -3.18. The van der Waals surface area contributed by atoms with Crippen LogP contribution in [0.5, 0.6) is 5.75 Å². The molecule has 4 rings (SSSR count). The summed E-state index contributed by atoms with van der Waals surface area (Å²) in [6.45, 7) is 4.30. The lowest BCUT2D eigenvalue weighted by atomic mass is 10.2. The zero-order valence-electron chi connectivity index (χ0n) is 15.6. The van der Waals surface area contributed by atoms with Gasteiger partial charge in [-0.05, 0) is 61.9 Å². The second-order valence-corrected chi connectivity index (χ2v) is 6.95. The predicted molar refractivity (Wildman–Crippen MR) is 110 cm³/mol. The average Bonchev–Trinajstić information content (AvgIpc) is 3.14. The van der Waals surface area contributed by atoms with Gasteiger partial charge in [-0.15, -0.1) is 10.2 Å². The largest absolute Gasteiger partial charge is 0.486 e. The van der Waals surface area contributed by atoms with Gasteiger partial charge in [-0.2, -0.15) is 0 Å². The first kappa shape index (κ1) is 18.2. The van der Waals surface area contributed by atoms with Crippen LogP contribution in [0.25, 0.3) is 17.1 Å². The molecule has 2 aromatic carbocycles. The number of aryl methyl sites for hydroxylation is 2. The summed E-state index contributed by atoms with van der Waals surface area (Å²) in [6, 6.07) is 17.7. The van der Waals surface area contributed by atoms with Crippen molar-refractivity contribution in [3.8, 4) is 22.8 Å². The van der Waals surface area contributed by atoms with Crippen molar-refractivity contribution in [3.63, 3.8) is 0 Å². The van der Waals surface area contributed by atoms with Crippen LogP contribution < -0.4 is 4.74 Å². The van der Waals surface area contributed by atoms with E-state index in [-0.39, 0.29) is 6.61 Å². The second-order valence-electron chi connectivity index (χ2n) is 6.55. The lowest BCUT2D eigenvalue weighted by molar-refractivity contribution is 0.293. The van der Waals surface area contributed by atoms with Crippen molar-refractivity contribution >= 4 is 11.6 Å². The average molecular weight is 391 g/mol. The molecular formula is C22H19ClN4O. The van der Waals surface area contributed by atoms with Gasteiger partial charge in [0.15, 0.2) is 11.6 Å². The zero-order chi connectivity index (χ0) is 19.5. The van der Waals surface area contributed by atoms with Gasteiger partial charge in [0, 0.05) is 28.7 Å². The highest BCUT2D eigenvalue weighted by atomic mass is 35.5. The fourth-order valence-electron chi connectivity index (χ4n) is 2.92. The Balaban J connectivity index is 1.71. The quantitative estimate of drug-likeness (QED) is 0.471. The van der Waals surface area contributed by atoms with E-state index in [1.165, 1.54) is 5.56 Å². The minimum absolute atomic E-state index is 0.285. The lowest BCUT2D eigenvalue weighted by Crippen LogP contribution is -2.07. The topological polar surface area (TPSA) is 52.8 Å². The molecule has 5 nitrogen and oxygen atoms in total. The summed E-state index contributed by atoms with van der Waals surface area (Å²) in [6.07, 6.45) is 3.49. The molecule has 0 saturated heterocycles. The van der Waals surface area contributed by atoms with Crippen LogP contribution in [0.3, 0.4) is 0 Å². The summed E-state index contributed by atoms with van der Waals surface area (Å²) >= 11 is 6.10. The molecule has 0 aliphatic heterocycles. The Morgan fingerprint density at radius 2 is 1.68 bits per heavy atom. The van der Waals surface area contributed by atoms with Crippen molar-refractivity contribution in [3.05, 3.63) is 89.0 Å². The summed E-state index contributed by atoms with van der Waals surface area (Å²) in [5.41, 5.74) is 4.08. The summed E-state index contributed by atoms with van der Waals surface area (Å²) in [5.74, 6) is 2.20. The van der Waals surface area contributed by atoms with Gasteiger partial charge in [0.2, 0.25) is 0 Å². The number of aromatic nitrogens is 4. The van der Waals surface area contributed by atoms with E-state index in [1.54, 1.807) is 12.4 Å². The number of ether oxygens (including phenoxy) is 1. The van der Waals surface area contributed by atoms with Crippen LogP contribution in [0.2, 0.25) is 5.02 Å². The smallest absolute Gasteiger partial charge is 0.175 e. The van der Waals surface area contributed by atoms with E-state index in [0.717, 1.165) is 33.4 Å². The molecule has 4 aromatic rings. The van der Waals surface area contributed by atoms with Gasteiger partial charge in [0.1, 0.15) is 12.4 Å². The molecule has 0 fully saturated rings. The summed E-state index contributed by atoms with van der Waals surface area (Å²) in [7, 11) is 0. The third kappa shape index (κ3) is 3.75. The minimum atomic E-state index is 0.285. The van der Waals surface area contributed by atoms with Crippen LogP contribution in [-0.4, -0.2) is 19.7 Å². The Labute approximate surface area is 168 Å². The summed E-state index contributed by atoms with van der Waals surface area (Å²) in [5, 5.41) is 9.52. The van der Waals surface area contributed by atoms with Gasteiger partial charge in [-0.3, -0.25) is 9.55 Å². The number of benzene rings is 2. The maximum absolute atomic E-state index is 6.10. The van der Waals surface area contributed by atoms with Crippen LogP contribution in [-0.2, 0) is 6.61 Å².